The molecule has 162 valence electrons. The molecule has 0 unspecified atom stereocenters. The minimum atomic E-state index is -0.581. The molecule has 0 spiro atoms. The van der Waals surface area contributed by atoms with E-state index in [-0.39, 0.29) is 17.0 Å². The second-order valence-corrected chi connectivity index (χ2v) is 8.93. The third-order valence-corrected chi connectivity index (χ3v) is 6.36. The highest BCUT2D eigenvalue weighted by atomic mass is 79.9. The molecule has 1 aromatic heterocycles. The molecule has 1 aliphatic rings. The highest BCUT2D eigenvalue weighted by Crippen LogP contribution is 2.39. The van der Waals surface area contributed by atoms with E-state index in [0.29, 0.717) is 31.0 Å². The van der Waals surface area contributed by atoms with Crippen molar-refractivity contribution in [2.24, 2.45) is 0 Å². The number of hydrogen-bond acceptors (Lipinski definition) is 5. The maximum Gasteiger partial charge on any atom is 0.282 e. The minimum Gasteiger partial charge on any atom is -0.457 e. The lowest BCUT2D eigenvalue weighted by molar-refractivity contribution is -0.385. The quantitative estimate of drug-likeness (QED) is 0.181. The number of nitro benzene ring substituents is 1. The van der Waals surface area contributed by atoms with Gasteiger partial charge in [-0.1, -0.05) is 17.7 Å². The molecule has 3 aromatic rings. The molecule has 1 saturated heterocycles. The number of furan rings is 1. The van der Waals surface area contributed by atoms with Crippen LogP contribution in [0.15, 0.2) is 61.4 Å². The average Bonchev–Trinajstić information content (AvgIpc) is 3.29. The largest absolute Gasteiger partial charge is 0.457 e. The Morgan fingerprint density at radius 2 is 1.81 bits per heavy atom. The first-order chi connectivity index (χ1) is 15.2. The van der Waals surface area contributed by atoms with Gasteiger partial charge in [-0.25, -0.2) is 5.01 Å². The van der Waals surface area contributed by atoms with Crippen LogP contribution in [-0.2, 0) is 9.59 Å². The number of carbonyl (C=O) groups is 2. The third-order valence-electron chi connectivity index (χ3n) is 4.70. The molecule has 1 aliphatic heterocycles. The van der Waals surface area contributed by atoms with Crippen LogP contribution < -0.4 is 10.4 Å². The lowest BCUT2D eigenvalue weighted by Gasteiger charge is -2.15. The van der Waals surface area contributed by atoms with Gasteiger partial charge in [0, 0.05) is 31.7 Å². The van der Waals surface area contributed by atoms with E-state index in [9.17, 15) is 19.7 Å². The zero-order valence-electron chi connectivity index (χ0n) is 16.2. The Kier molecular flexibility index (Phi) is 5.93. The van der Waals surface area contributed by atoms with Crippen molar-refractivity contribution in [3.05, 3.63) is 83.4 Å². The molecular weight excluding hydrogens is 570 g/mol. The lowest BCUT2D eigenvalue weighted by Crippen LogP contribution is -2.35. The van der Waals surface area contributed by atoms with Crippen molar-refractivity contribution >= 4 is 72.7 Å². The van der Waals surface area contributed by atoms with Gasteiger partial charge in [0.25, 0.3) is 17.5 Å². The Hall–Kier alpha value is -2.95. The van der Waals surface area contributed by atoms with Crippen molar-refractivity contribution in [1.82, 2.24) is 5.43 Å². The van der Waals surface area contributed by atoms with Gasteiger partial charge in [0.1, 0.15) is 17.1 Å². The molecule has 11 heteroatoms. The number of halogens is 3. The molecule has 8 nitrogen and oxygen atoms in total. The van der Waals surface area contributed by atoms with E-state index in [0.717, 1.165) is 10.6 Å². The van der Waals surface area contributed by atoms with Crippen molar-refractivity contribution in [2.45, 2.75) is 6.92 Å². The number of anilines is 1. The average molecular weight is 582 g/mol. The number of carbonyl (C=O) groups excluding carboxylic acids is 2. The molecule has 0 saturated carbocycles. The van der Waals surface area contributed by atoms with Gasteiger partial charge in [0.2, 0.25) is 0 Å². The molecule has 0 aliphatic carbocycles. The number of rotatable bonds is 4. The van der Waals surface area contributed by atoms with Gasteiger partial charge in [0.05, 0.1) is 10.6 Å². The van der Waals surface area contributed by atoms with Gasteiger partial charge >= 0.3 is 0 Å². The van der Waals surface area contributed by atoms with E-state index in [1.165, 1.54) is 18.2 Å². The number of hydrazine groups is 1. The number of nitro groups is 1. The lowest BCUT2D eigenvalue weighted by atomic mass is 10.1. The summed E-state index contributed by atoms with van der Waals surface area (Å²) in [5.41, 5.74) is 4.14. The molecular formula is C21H12Br2ClN3O5. The van der Waals surface area contributed by atoms with Gasteiger partial charge in [-0.15, -0.1) is 0 Å². The van der Waals surface area contributed by atoms with E-state index in [1.807, 2.05) is 6.92 Å². The zero-order valence-corrected chi connectivity index (χ0v) is 20.1. The Morgan fingerprint density at radius 3 is 2.44 bits per heavy atom. The number of aryl methyl sites for hydroxylation is 1. The van der Waals surface area contributed by atoms with E-state index in [1.54, 1.807) is 30.3 Å². The van der Waals surface area contributed by atoms with E-state index >= 15 is 0 Å². The first-order valence-corrected chi connectivity index (χ1v) is 11.0. The SMILES string of the molecule is Cc1ccc(N2NC(=O)/C(=C\c3ccc(-c4c(Br)cc([N+](=O)[O-])cc4Br)o3)C2=O)cc1Cl. The molecule has 2 amide bonds. The summed E-state index contributed by atoms with van der Waals surface area (Å²) in [6, 6.07) is 11.0. The van der Waals surface area contributed by atoms with Gasteiger partial charge in [-0.3, -0.25) is 25.1 Å². The number of nitrogens with one attached hydrogen (secondary N) is 1. The van der Waals surface area contributed by atoms with Crippen LogP contribution in [0, 0.1) is 17.0 Å². The minimum absolute atomic E-state index is 0.0917. The maximum absolute atomic E-state index is 12.8. The monoisotopic (exact) mass is 579 g/mol. The number of non-ortho nitro benzene ring substituents is 1. The summed E-state index contributed by atoms with van der Waals surface area (Å²) in [6.45, 7) is 1.83. The number of nitrogens with zero attached hydrogens (tertiary/aromatic N) is 2. The smallest absolute Gasteiger partial charge is 0.282 e. The number of benzene rings is 2. The first kappa shape index (κ1) is 22.3. The van der Waals surface area contributed by atoms with Crippen LogP contribution in [0.2, 0.25) is 5.02 Å². The number of hydrogen-bond donors (Lipinski definition) is 1. The van der Waals surface area contributed by atoms with Gasteiger partial charge in [-0.2, -0.15) is 0 Å². The van der Waals surface area contributed by atoms with Crippen LogP contribution in [0.4, 0.5) is 11.4 Å². The van der Waals surface area contributed by atoms with Crippen molar-refractivity contribution in [3.8, 4) is 11.3 Å². The van der Waals surface area contributed by atoms with Crippen LogP contribution in [-0.4, -0.2) is 16.7 Å². The Labute approximate surface area is 203 Å². The summed E-state index contributed by atoms with van der Waals surface area (Å²) in [5, 5.41) is 12.6. The molecule has 0 bridgehead atoms. The summed E-state index contributed by atoms with van der Waals surface area (Å²) in [5.74, 6) is -0.481. The number of amides is 2. The molecule has 2 aromatic carbocycles. The van der Waals surface area contributed by atoms with Crippen LogP contribution in [0.3, 0.4) is 0 Å². The second-order valence-electron chi connectivity index (χ2n) is 6.82. The van der Waals surface area contributed by atoms with Crippen molar-refractivity contribution in [2.75, 3.05) is 5.01 Å². The van der Waals surface area contributed by atoms with E-state index in [2.05, 4.69) is 37.3 Å². The first-order valence-electron chi connectivity index (χ1n) is 9.02. The molecule has 32 heavy (non-hydrogen) atoms. The predicted molar refractivity (Wildman–Crippen MR) is 126 cm³/mol. The Balaban J connectivity index is 1.65. The molecule has 4 rings (SSSR count). The normalized spacial score (nSPS) is 14.9. The van der Waals surface area contributed by atoms with E-state index in [4.69, 9.17) is 16.0 Å². The summed E-state index contributed by atoms with van der Waals surface area (Å²) >= 11 is 12.8. The van der Waals surface area contributed by atoms with Crippen LogP contribution in [0.25, 0.3) is 17.4 Å². The fourth-order valence-corrected chi connectivity index (χ4v) is 4.80. The predicted octanol–water partition coefficient (Wildman–Crippen LogP) is 5.80. The van der Waals surface area contributed by atoms with Gasteiger partial charge in [-0.05, 0) is 74.7 Å². The van der Waals surface area contributed by atoms with Gasteiger partial charge in [0.15, 0.2) is 0 Å². The molecule has 1 N–H and O–H groups in total. The molecule has 2 heterocycles. The standard InChI is InChI=1S/C21H12Br2ClN3O5/c1-10-2-3-11(8-17(10)24)26-21(29)14(20(28)25-26)9-13-4-5-18(32-13)19-15(22)6-12(27(30)31)7-16(19)23/h2-9H,1H3,(H,25,28)/b14-9+. The second kappa shape index (κ2) is 8.53. The van der Waals surface area contributed by atoms with Crippen LogP contribution >= 0.6 is 43.5 Å². The zero-order chi connectivity index (χ0) is 23.2. The Bertz CT molecular complexity index is 1310. The molecule has 0 atom stereocenters. The highest BCUT2D eigenvalue weighted by Gasteiger charge is 2.35. The highest BCUT2D eigenvalue weighted by molar-refractivity contribution is 9.11. The van der Waals surface area contributed by atoms with Gasteiger partial charge < -0.3 is 4.42 Å². The summed E-state index contributed by atoms with van der Waals surface area (Å²) < 4.78 is 6.68. The summed E-state index contributed by atoms with van der Waals surface area (Å²) in [7, 11) is 0. The van der Waals surface area contributed by atoms with Crippen molar-refractivity contribution < 1.29 is 18.9 Å². The van der Waals surface area contributed by atoms with Crippen LogP contribution in [0.5, 0.6) is 0 Å². The third kappa shape index (κ3) is 4.08. The topological polar surface area (TPSA) is 106 Å². The fraction of sp³-hybridized carbons (Fsp3) is 0.0476. The van der Waals surface area contributed by atoms with Crippen molar-refractivity contribution in [1.29, 1.82) is 0 Å². The van der Waals surface area contributed by atoms with Crippen molar-refractivity contribution in [3.63, 3.8) is 0 Å². The molecule has 0 radical (unpaired) electrons. The summed E-state index contributed by atoms with van der Waals surface area (Å²) in [4.78, 5) is 35.8. The van der Waals surface area contributed by atoms with Crippen LogP contribution in [0.1, 0.15) is 11.3 Å². The maximum atomic E-state index is 12.8. The summed E-state index contributed by atoms with van der Waals surface area (Å²) in [6.07, 6.45) is 1.34. The Morgan fingerprint density at radius 1 is 1.12 bits per heavy atom. The molecule has 1 fully saturated rings. The van der Waals surface area contributed by atoms with E-state index < -0.39 is 16.7 Å². The fourth-order valence-electron chi connectivity index (χ4n) is 3.07.